The Morgan fingerprint density at radius 3 is 2.40 bits per heavy atom. The van der Waals surface area contributed by atoms with E-state index in [1.165, 1.54) is 36.1 Å². The number of fused-ring (bicyclic) bond motifs is 1. The lowest BCUT2D eigenvalue weighted by molar-refractivity contribution is -0.143. The molecule has 40 heavy (non-hydrogen) atoms. The number of ether oxygens (including phenoxy) is 1. The molecule has 12 heteroatoms. The molecular formula is C28H29N5O6S. The Bertz CT molecular complexity index is 1670. The molecule has 0 unspecified atom stereocenters. The monoisotopic (exact) mass is 563 g/mol. The van der Waals surface area contributed by atoms with Crippen molar-refractivity contribution >= 4 is 56.2 Å². The molecule has 0 aliphatic carbocycles. The van der Waals surface area contributed by atoms with Gasteiger partial charge >= 0.3 is 5.97 Å². The Hall–Kier alpha value is -4.71. The Labute approximate surface area is 231 Å². The predicted molar refractivity (Wildman–Crippen MR) is 152 cm³/mol. The molecule has 2 N–H and O–H groups in total. The van der Waals surface area contributed by atoms with Gasteiger partial charge in [0.15, 0.2) is 0 Å². The van der Waals surface area contributed by atoms with Gasteiger partial charge in [0.25, 0.3) is 15.9 Å². The molecule has 3 aromatic carbocycles. The summed E-state index contributed by atoms with van der Waals surface area (Å²) in [6.45, 7) is 3.56. The Kier molecular flexibility index (Phi) is 8.49. The molecule has 0 saturated carbocycles. The molecular weight excluding hydrogens is 534 g/mol. The second-order valence-corrected chi connectivity index (χ2v) is 10.5. The van der Waals surface area contributed by atoms with Gasteiger partial charge < -0.3 is 14.2 Å². The lowest BCUT2D eigenvalue weighted by atomic mass is 10.2. The number of hydrogen-bond donors (Lipinski definition) is 2. The summed E-state index contributed by atoms with van der Waals surface area (Å²) in [5, 5.41) is 2.75. The van der Waals surface area contributed by atoms with E-state index in [1.54, 1.807) is 67.1 Å². The van der Waals surface area contributed by atoms with Crippen molar-refractivity contribution in [1.29, 1.82) is 0 Å². The van der Waals surface area contributed by atoms with Gasteiger partial charge in [0.05, 0.1) is 40.2 Å². The first-order chi connectivity index (χ1) is 19.1. The predicted octanol–water partition coefficient (Wildman–Crippen LogP) is 4.03. The van der Waals surface area contributed by atoms with Crippen molar-refractivity contribution in [1.82, 2.24) is 9.55 Å². The van der Waals surface area contributed by atoms with Crippen molar-refractivity contribution in [2.24, 2.45) is 0 Å². The van der Waals surface area contributed by atoms with Gasteiger partial charge in [-0.2, -0.15) is 0 Å². The van der Waals surface area contributed by atoms with Crippen molar-refractivity contribution < 1.29 is 27.5 Å². The van der Waals surface area contributed by atoms with Gasteiger partial charge in [0, 0.05) is 26.2 Å². The standard InChI is InChI=1S/C28H29N5O6S/c1-4-39-26(35)16-17-33-25-15-14-20(32(3)19(2)34)18-24(25)29-28(33)30-27(36)22-12-8-9-13-23(22)31-40(37,38)21-10-6-5-7-11-21/h5-15,18,31H,4,16-17H2,1-3H3,(H,29,30,36). The van der Waals surface area contributed by atoms with Crippen LogP contribution < -0.4 is 14.9 Å². The summed E-state index contributed by atoms with van der Waals surface area (Å²) in [7, 11) is -2.31. The third-order valence-corrected chi connectivity index (χ3v) is 7.51. The number of hydrogen-bond acceptors (Lipinski definition) is 7. The molecule has 4 aromatic rings. The minimum absolute atomic E-state index is 0.0325. The second kappa shape index (κ2) is 12.0. The zero-order valence-corrected chi connectivity index (χ0v) is 23.1. The van der Waals surface area contributed by atoms with Crippen LogP contribution >= 0.6 is 0 Å². The fourth-order valence-electron chi connectivity index (χ4n) is 4.01. The molecule has 1 aromatic heterocycles. The Morgan fingerprint density at radius 1 is 1.00 bits per heavy atom. The normalized spacial score (nSPS) is 11.2. The van der Waals surface area contributed by atoms with Crippen LogP contribution in [0.1, 0.15) is 30.6 Å². The molecule has 4 rings (SSSR count). The number of carbonyl (C=O) groups excluding carboxylic acids is 3. The molecule has 208 valence electrons. The summed E-state index contributed by atoms with van der Waals surface area (Å²) >= 11 is 0. The van der Waals surface area contributed by atoms with E-state index in [4.69, 9.17) is 4.74 Å². The molecule has 0 radical (unpaired) electrons. The van der Waals surface area contributed by atoms with E-state index < -0.39 is 21.9 Å². The second-order valence-electron chi connectivity index (χ2n) is 8.81. The number of para-hydroxylation sites is 1. The number of sulfonamides is 1. The van der Waals surface area contributed by atoms with Crippen molar-refractivity contribution in [3.05, 3.63) is 78.4 Å². The maximum atomic E-state index is 13.4. The van der Waals surface area contributed by atoms with E-state index in [9.17, 15) is 22.8 Å². The topological polar surface area (TPSA) is 140 Å². The van der Waals surface area contributed by atoms with E-state index in [0.29, 0.717) is 16.7 Å². The number of aromatic nitrogens is 2. The lowest BCUT2D eigenvalue weighted by Crippen LogP contribution is -2.22. The minimum atomic E-state index is -3.95. The highest BCUT2D eigenvalue weighted by molar-refractivity contribution is 7.92. The average Bonchev–Trinajstić information content (AvgIpc) is 3.28. The van der Waals surface area contributed by atoms with Crippen LogP contribution in [0.25, 0.3) is 11.0 Å². The van der Waals surface area contributed by atoms with Gasteiger partial charge in [-0.1, -0.05) is 30.3 Å². The molecule has 0 saturated heterocycles. The van der Waals surface area contributed by atoms with Crippen LogP contribution in [0.15, 0.2) is 77.7 Å². The summed E-state index contributed by atoms with van der Waals surface area (Å²) < 4.78 is 35.0. The highest BCUT2D eigenvalue weighted by Crippen LogP contribution is 2.27. The number of benzene rings is 3. The lowest BCUT2D eigenvalue weighted by Gasteiger charge is -2.15. The van der Waals surface area contributed by atoms with Crippen molar-refractivity contribution in [2.75, 3.05) is 28.6 Å². The fourth-order valence-corrected chi connectivity index (χ4v) is 5.11. The number of nitrogens with zero attached hydrogens (tertiary/aromatic N) is 3. The molecule has 1 heterocycles. The third kappa shape index (κ3) is 6.29. The van der Waals surface area contributed by atoms with Gasteiger partial charge in [-0.3, -0.25) is 24.4 Å². The number of aryl methyl sites for hydroxylation is 1. The van der Waals surface area contributed by atoms with Gasteiger partial charge in [-0.05, 0) is 49.4 Å². The maximum Gasteiger partial charge on any atom is 0.307 e. The third-order valence-electron chi connectivity index (χ3n) is 6.13. The molecule has 11 nitrogen and oxygen atoms in total. The van der Waals surface area contributed by atoms with Crippen LogP contribution in [-0.2, 0) is 30.9 Å². The first kappa shape index (κ1) is 28.3. The van der Waals surface area contributed by atoms with E-state index in [2.05, 4.69) is 15.0 Å². The van der Waals surface area contributed by atoms with Gasteiger partial charge in [-0.25, -0.2) is 13.4 Å². The van der Waals surface area contributed by atoms with Gasteiger partial charge in [-0.15, -0.1) is 0 Å². The number of esters is 1. The molecule has 0 bridgehead atoms. The quantitative estimate of drug-likeness (QED) is 0.278. The largest absolute Gasteiger partial charge is 0.466 e. The van der Waals surface area contributed by atoms with Crippen LogP contribution in [0, 0.1) is 0 Å². The number of rotatable bonds is 10. The van der Waals surface area contributed by atoms with Gasteiger partial charge in [0.1, 0.15) is 0 Å². The minimum Gasteiger partial charge on any atom is -0.466 e. The smallest absolute Gasteiger partial charge is 0.307 e. The number of anilines is 3. The zero-order valence-electron chi connectivity index (χ0n) is 22.2. The molecule has 0 spiro atoms. The highest BCUT2D eigenvalue weighted by Gasteiger charge is 2.21. The summed E-state index contributed by atoms with van der Waals surface area (Å²) in [6, 6.07) is 19.2. The summed E-state index contributed by atoms with van der Waals surface area (Å²) in [4.78, 5) is 43.5. The summed E-state index contributed by atoms with van der Waals surface area (Å²) in [6.07, 6.45) is 0.0325. The highest BCUT2D eigenvalue weighted by atomic mass is 32.2. The Morgan fingerprint density at radius 2 is 1.70 bits per heavy atom. The fraction of sp³-hybridized carbons (Fsp3) is 0.214. The van der Waals surface area contributed by atoms with Gasteiger partial charge in [0.2, 0.25) is 11.9 Å². The van der Waals surface area contributed by atoms with Crippen LogP contribution in [0.3, 0.4) is 0 Å². The number of imidazole rings is 1. The first-order valence-electron chi connectivity index (χ1n) is 12.5. The average molecular weight is 564 g/mol. The molecule has 0 fully saturated rings. The van der Waals surface area contributed by atoms with E-state index in [1.807, 2.05) is 0 Å². The van der Waals surface area contributed by atoms with Crippen molar-refractivity contribution in [3.63, 3.8) is 0 Å². The van der Waals surface area contributed by atoms with E-state index in [0.717, 1.165) is 0 Å². The van der Waals surface area contributed by atoms with Crippen molar-refractivity contribution in [2.45, 2.75) is 31.7 Å². The molecule has 0 aliphatic heterocycles. The van der Waals surface area contributed by atoms with E-state index >= 15 is 0 Å². The summed E-state index contributed by atoms with van der Waals surface area (Å²) in [5.41, 5.74) is 1.88. The maximum absolute atomic E-state index is 13.4. The van der Waals surface area contributed by atoms with Crippen molar-refractivity contribution in [3.8, 4) is 0 Å². The number of carbonyl (C=O) groups is 3. The SMILES string of the molecule is CCOC(=O)CCn1c(NC(=O)c2ccccc2NS(=O)(=O)c2ccccc2)nc2cc(N(C)C(C)=O)ccc21. The first-order valence-corrected chi connectivity index (χ1v) is 14.0. The van der Waals surface area contributed by atoms with E-state index in [-0.39, 0.29) is 47.6 Å². The van der Waals surface area contributed by atoms with Crippen LogP contribution in [-0.4, -0.2) is 49.4 Å². The van der Waals surface area contributed by atoms with Crippen LogP contribution in [0.2, 0.25) is 0 Å². The van der Waals surface area contributed by atoms with Crippen LogP contribution in [0.5, 0.6) is 0 Å². The molecule has 0 atom stereocenters. The Balaban J connectivity index is 1.68. The summed E-state index contributed by atoms with van der Waals surface area (Å²) in [5.74, 6) is -1.04. The molecule has 0 aliphatic rings. The van der Waals surface area contributed by atoms with Crippen LogP contribution in [0.4, 0.5) is 17.3 Å². The zero-order chi connectivity index (χ0) is 28.9. The number of amides is 2. The molecule has 2 amide bonds. The number of nitrogens with one attached hydrogen (secondary N) is 2.